The van der Waals surface area contributed by atoms with Crippen LogP contribution in [0, 0.1) is 11.8 Å². The highest BCUT2D eigenvalue weighted by Gasteiger charge is 2.51. The molecule has 0 spiro atoms. The molecule has 2 saturated heterocycles. The van der Waals surface area contributed by atoms with Crippen LogP contribution in [-0.2, 0) is 41.8 Å². The molecule has 3 aliphatic heterocycles. The summed E-state index contributed by atoms with van der Waals surface area (Å²) in [4.78, 5) is 32.4. The molecule has 4 unspecified atom stereocenters. The molecule has 0 N–H and O–H groups in total. The number of ether oxygens (including phenoxy) is 5. The Morgan fingerprint density at radius 1 is 0.873 bits per heavy atom. The minimum Gasteiger partial charge on any atom is -0.457 e. The van der Waals surface area contributed by atoms with Crippen LogP contribution in [0.5, 0.6) is 0 Å². The Labute approximate surface area is 437 Å². The zero-order chi connectivity index (χ0) is 53.2. The number of esters is 1. The average Bonchev–Trinajstić information content (AvgIpc) is 4.13. The molecule has 3 rings (SSSR count). The van der Waals surface area contributed by atoms with Crippen molar-refractivity contribution in [3.05, 3.63) is 36.0 Å². The number of hydrogen-bond acceptors (Lipinski definition) is 11. The van der Waals surface area contributed by atoms with Crippen LogP contribution in [0.1, 0.15) is 150 Å². The minimum atomic E-state index is -2.17. The molecule has 1 amide bonds. The van der Waals surface area contributed by atoms with Gasteiger partial charge in [-0.1, -0.05) is 107 Å². The van der Waals surface area contributed by atoms with Crippen molar-refractivity contribution in [3.63, 3.8) is 0 Å². The van der Waals surface area contributed by atoms with Crippen LogP contribution < -0.4 is 0 Å². The van der Waals surface area contributed by atoms with Crippen LogP contribution in [-0.4, -0.2) is 141 Å². The summed E-state index contributed by atoms with van der Waals surface area (Å²) < 4.78 is 54.0. The first-order valence-electron chi connectivity index (χ1n) is 28.5. The predicted molar refractivity (Wildman–Crippen MR) is 298 cm³/mol. The van der Waals surface area contributed by atoms with Gasteiger partial charge in [0.25, 0.3) is 0 Å². The maximum Gasteiger partial charge on any atom is 0.410 e. The molecule has 15 heteroatoms. The molecule has 3 aliphatic rings. The van der Waals surface area contributed by atoms with Crippen LogP contribution in [0.15, 0.2) is 36.0 Å². The minimum absolute atomic E-state index is 0.0765. The van der Waals surface area contributed by atoms with E-state index in [4.69, 9.17) is 37.0 Å². The highest BCUT2D eigenvalue weighted by Crippen LogP contribution is 2.43. The first kappa shape index (κ1) is 63.6. The van der Waals surface area contributed by atoms with Crippen LogP contribution in [0.25, 0.3) is 0 Å². The van der Waals surface area contributed by atoms with Crippen LogP contribution in [0.2, 0.25) is 54.4 Å². The van der Waals surface area contributed by atoms with Gasteiger partial charge in [-0.15, -0.1) is 0 Å². The summed E-state index contributed by atoms with van der Waals surface area (Å²) in [6.45, 7) is 40.3. The van der Waals surface area contributed by atoms with Gasteiger partial charge >= 0.3 is 12.1 Å². The van der Waals surface area contributed by atoms with E-state index in [0.717, 1.165) is 85.9 Å². The number of likely N-dealkylation sites (N-methyl/N-ethyl adjacent to an activating group) is 1. The van der Waals surface area contributed by atoms with Crippen molar-refractivity contribution in [2.24, 2.45) is 11.8 Å². The van der Waals surface area contributed by atoms with E-state index in [0.29, 0.717) is 32.5 Å². The summed E-state index contributed by atoms with van der Waals surface area (Å²) in [5, 5.41) is 0. The molecule has 0 aromatic heterocycles. The van der Waals surface area contributed by atoms with Gasteiger partial charge in [-0.3, -0.25) is 4.79 Å². The Morgan fingerprint density at radius 2 is 1.45 bits per heavy atom. The smallest absolute Gasteiger partial charge is 0.410 e. The predicted octanol–water partition coefficient (Wildman–Crippen LogP) is 13.5. The molecule has 0 radical (unpaired) electrons. The third-order valence-corrected chi connectivity index (χ3v) is 31.3. The van der Waals surface area contributed by atoms with E-state index >= 15 is 0 Å². The second-order valence-corrected chi connectivity index (χ2v) is 36.0. The van der Waals surface area contributed by atoms with Gasteiger partial charge < -0.3 is 46.8 Å². The maximum absolute atomic E-state index is 14.3. The molecule has 0 aliphatic carbocycles. The summed E-state index contributed by atoms with van der Waals surface area (Å²) in [5.41, 5.74) is -0.678. The van der Waals surface area contributed by atoms with Crippen molar-refractivity contribution < 1.29 is 46.6 Å². The standard InChI is InChI=1S/C56H106N2O10Si3/c1-19-48(67-70(24-6,25-7)26-8)45(14)53-49(62-53)42-55(16,68-71(27-9,28-10)29-11)35-30-31-43(12)52-44(13)32-33-50(63-54(60)58-39-37-57(18)38-40-58)56(17,65-46(15)61-20-2)36-34-47(41-51(59)64-52)66-69(21-3,22-4)23-5/h30-33,35,44-50,52-53H,19-29,34,36-42H2,1-18H3/b33-32+,35-30+,43-31+/t44-,45?,46?,47+,48?,49-,50-,52+,53-,55?,56+/m0/s1. The molecule has 2 fully saturated rings. The van der Waals surface area contributed by atoms with Crippen molar-refractivity contribution in [2.45, 2.75) is 258 Å². The number of piperazine rings is 1. The topological polar surface area (TPSA) is 118 Å². The molecule has 0 bridgehead atoms. The molecule has 412 valence electrons. The second kappa shape index (κ2) is 29.6. The normalized spacial score (nSPS) is 28.3. The quantitative estimate of drug-likeness (QED) is 0.0186. The van der Waals surface area contributed by atoms with Gasteiger partial charge in [0.05, 0.1) is 30.3 Å². The van der Waals surface area contributed by atoms with Crippen molar-refractivity contribution in [1.29, 1.82) is 0 Å². The lowest BCUT2D eigenvalue weighted by atomic mass is 9.88. The first-order valence-corrected chi connectivity index (χ1v) is 36.1. The van der Waals surface area contributed by atoms with Crippen molar-refractivity contribution in [3.8, 4) is 0 Å². The Kier molecular flexibility index (Phi) is 26.5. The summed E-state index contributed by atoms with van der Waals surface area (Å²) in [5.74, 6) is -0.290. The summed E-state index contributed by atoms with van der Waals surface area (Å²) in [7, 11) is -3.95. The monoisotopic (exact) mass is 1050 g/mol. The van der Waals surface area contributed by atoms with Gasteiger partial charge in [-0.05, 0) is 127 Å². The Morgan fingerprint density at radius 3 is 1.99 bits per heavy atom. The number of amides is 1. The molecule has 11 atom stereocenters. The lowest BCUT2D eigenvalue weighted by molar-refractivity contribution is -0.222. The number of epoxide rings is 1. The van der Waals surface area contributed by atoms with Gasteiger partial charge in [-0.2, -0.15) is 0 Å². The first-order chi connectivity index (χ1) is 33.6. The van der Waals surface area contributed by atoms with Gasteiger partial charge in [0.2, 0.25) is 0 Å². The Balaban J connectivity index is 2.10. The highest BCUT2D eigenvalue weighted by atomic mass is 28.4. The summed E-state index contributed by atoms with van der Waals surface area (Å²) in [6, 6.07) is 9.37. The largest absolute Gasteiger partial charge is 0.457 e. The van der Waals surface area contributed by atoms with Crippen LogP contribution in [0.4, 0.5) is 4.79 Å². The highest BCUT2D eigenvalue weighted by molar-refractivity contribution is 6.74. The van der Waals surface area contributed by atoms with Crippen molar-refractivity contribution in [1.82, 2.24) is 9.80 Å². The fraction of sp³-hybridized carbons (Fsp3) is 0.857. The number of allylic oxidation sites excluding steroid dienone is 2. The molecule has 71 heavy (non-hydrogen) atoms. The van der Waals surface area contributed by atoms with E-state index in [9.17, 15) is 9.59 Å². The number of carbonyl (C=O) groups is 2. The Bertz CT molecular complexity index is 1660. The Hall–Kier alpha value is -1.67. The maximum atomic E-state index is 14.3. The number of hydrogen-bond donors (Lipinski definition) is 0. The summed E-state index contributed by atoms with van der Waals surface area (Å²) in [6.07, 6.45) is 10.9. The average molecular weight is 1050 g/mol. The second-order valence-electron chi connectivity index (χ2n) is 21.9. The van der Waals surface area contributed by atoms with Crippen molar-refractivity contribution >= 4 is 37.0 Å². The summed E-state index contributed by atoms with van der Waals surface area (Å²) >= 11 is 0. The molecular weight excluding hydrogens is 945 g/mol. The number of cyclic esters (lactones) is 1. The van der Waals surface area contributed by atoms with E-state index in [2.05, 4.69) is 120 Å². The number of nitrogens with zero attached hydrogens (tertiary/aromatic N) is 2. The van der Waals surface area contributed by atoms with Gasteiger partial charge in [0, 0.05) is 57.1 Å². The molecule has 0 aromatic carbocycles. The van der Waals surface area contributed by atoms with Gasteiger partial charge in [-0.25, -0.2) is 4.79 Å². The van der Waals surface area contributed by atoms with E-state index in [-0.39, 0.29) is 48.6 Å². The number of rotatable bonds is 28. The fourth-order valence-corrected chi connectivity index (χ4v) is 20.2. The molecule has 0 aromatic rings. The van der Waals surface area contributed by atoms with Gasteiger partial charge in [0.15, 0.2) is 37.3 Å². The van der Waals surface area contributed by atoms with E-state index in [1.54, 1.807) is 4.90 Å². The zero-order valence-electron chi connectivity index (χ0n) is 48.5. The lowest BCUT2D eigenvalue weighted by Gasteiger charge is -2.41. The molecule has 12 nitrogen and oxygen atoms in total. The number of carbonyl (C=O) groups excluding carboxylic acids is 2. The van der Waals surface area contributed by atoms with E-state index in [1.165, 1.54) is 0 Å². The van der Waals surface area contributed by atoms with Gasteiger partial charge in [0.1, 0.15) is 11.7 Å². The lowest BCUT2D eigenvalue weighted by Crippen LogP contribution is -2.52. The van der Waals surface area contributed by atoms with E-state index in [1.807, 2.05) is 39.8 Å². The third-order valence-electron chi connectivity index (χ3n) is 17.2. The van der Waals surface area contributed by atoms with Crippen LogP contribution in [0.3, 0.4) is 0 Å². The molecule has 0 saturated carbocycles. The van der Waals surface area contributed by atoms with Crippen LogP contribution >= 0.6 is 0 Å². The van der Waals surface area contributed by atoms with E-state index < -0.39 is 60.8 Å². The molecular formula is C56H106N2O10Si3. The third kappa shape index (κ3) is 18.3. The SMILES string of the molecule is CCOC(C)O[C@]1(C)CC[C@@H](O[Si](CC)(CC)CC)CC(=O)O[C@H](/C(C)=C/C=C/C(C)(C[C@@H]2O[C@H]2C(C)C(CC)O[Si](CC)(CC)CC)O[Si](CC)(CC)CC)[C@@H](C)/C=C/[C@@H]1OC(=O)N1CCN(C)CC1. The fourth-order valence-electron chi connectivity index (χ4n) is 11.2. The van der Waals surface area contributed by atoms with Crippen molar-refractivity contribution in [2.75, 3.05) is 39.8 Å². The zero-order valence-corrected chi connectivity index (χ0v) is 51.5. The molecule has 3 heterocycles.